The minimum atomic E-state index is -1.82. The van der Waals surface area contributed by atoms with E-state index >= 15 is 0 Å². The summed E-state index contributed by atoms with van der Waals surface area (Å²) in [5, 5.41) is 14.8. The van der Waals surface area contributed by atoms with Crippen molar-refractivity contribution in [3.63, 3.8) is 0 Å². The van der Waals surface area contributed by atoms with Gasteiger partial charge in [-0.3, -0.25) is 0 Å². The second-order valence-electron chi connectivity index (χ2n) is 6.42. The van der Waals surface area contributed by atoms with E-state index < -0.39 is 11.9 Å². The van der Waals surface area contributed by atoms with E-state index in [4.69, 9.17) is 29.3 Å². The third-order valence-electron chi connectivity index (χ3n) is 4.29. The largest absolute Gasteiger partial charge is 0.497 e. The minimum absolute atomic E-state index is 0.753. The van der Waals surface area contributed by atoms with Crippen molar-refractivity contribution in [2.75, 3.05) is 53.5 Å². The number of carboxylic acids is 2. The van der Waals surface area contributed by atoms with Gasteiger partial charge >= 0.3 is 11.9 Å². The van der Waals surface area contributed by atoms with Gasteiger partial charge in [0.05, 0.1) is 13.7 Å². The lowest BCUT2D eigenvalue weighted by atomic mass is 10.1. The van der Waals surface area contributed by atoms with Crippen LogP contribution in [0.4, 0.5) is 0 Å². The highest BCUT2D eigenvalue weighted by Gasteiger charge is 2.13. The molecule has 2 N–H and O–H groups in total. The first-order chi connectivity index (χ1) is 13.4. The molecule has 1 fully saturated rings. The predicted molar refractivity (Wildman–Crippen MR) is 106 cm³/mol. The van der Waals surface area contributed by atoms with Crippen molar-refractivity contribution in [1.82, 2.24) is 9.80 Å². The molecule has 0 atom stereocenters. The van der Waals surface area contributed by atoms with Gasteiger partial charge in [-0.25, -0.2) is 9.59 Å². The molecular weight excluding hydrogens is 364 g/mol. The van der Waals surface area contributed by atoms with Crippen molar-refractivity contribution in [3.8, 4) is 11.5 Å². The van der Waals surface area contributed by atoms with Gasteiger partial charge in [-0.1, -0.05) is 6.08 Å². The summed E-state index contributed by atoms with van der Waals surface area (Å²) in [4.78, 5) is 23.1. The van der Waals surface area contributed by atoms with Gasteiger partial charge in [0.2, 0.25) is 0 Å². The van der Waals surface area contributed by atoms with E-state index in [2.05, 4.69) is 23.4 Å². The summed E-state index contributed by atoms with van der Waals surface area (Å²) in [5.41, 5.74) is 1.13. The summed E-state index contributed by atoms with van der Waals surface area (Å²) in [6.07, 6.45) is 3.75. The van der Waals surface area contributed by atoms with Gasteiger partial charge < -0.3 is 29.5 Å². The molecule has 156 valence electrons. The topological polar surface area (TPSA) is 99.5 Å². The van der Waals surface area contributed by atoms with Crippen molar-refractivity contribution in [1.29, 1.82) is 0 Å². The molecule has 2 rings (SSSR count). The lowest BCUT2D eigenvalue weighted by Gasteiger charge is -2.32. The number of ether oxygens (including phenoxy) is 2. The number of aliphatic carboxylic acids is 2. The predicted octanol–water partition coefficient (Wildman–Crippen LogP) is 1.60. The second-order valence-corrected chi connectivity index (χ2v) is 6.42. The summed E-state index contributed by atoms with van der Waals surface area (Å²) >= 11 is 0. The van der Waals surface area contributed by atoms with E-state index in [0.29, 0.717) is 0 Å². The van der Waals surface area contributed by atoms with Gasteiger partial charge in [-0.15, -0.1) is 6.58 Å². The SMILES string of the molecule is C=CCc1cc(OC)ccc1OCCCN1CCN(C)CC1.O=C(O)C(=O)O. The molecule has 1 heterocycles. The summed E-state index contributed by atoms with van der Waals surface area (Å²) < 4.78 is 11.2. The van der Waals surface area contributed by atoms with Gasteiger partial charge in [-0.2, -0.15) is 0 Å². The molecule has 1 aromatic rings. The highest BCUT2D eigenvalue weighted by molar-refractivity contribution is 6.27. The Balaban J connectivity index is 0.000000568. The number of carboxylic acid groups (broad SMARTS) is 2. The Morgan fingerprint density at radius 3 is 2.36 bits per heavy atom. The molecule has 1 saturated heterocycles. The van der Waals surface area contributed by atoms with Gasteiger partial charge in [-0.05, 0) is 38.1 Å². The van der Waals surface area contributed by atoms with Crippen LogP contribution < -0.4 is 9.47 Å². The number of allylic oxidation sites excluding steroid dienone is 1. The number of methoxy groups -OCH3 is 1. The Labute approximate surface area is 166 Å². The van der Waals surface area contributed by atoms with Gasteiger partial charge in [0, 0.05) is 38.3 Å². The fourth-order valence-electron chi connectivity index (χ4n) is 2.68. The van der Waals surface area contributed by atoms with Crippen LogP contribution in [0.15, 0.2) is 30.9 Å². The summed E-state index contributed by atoms with van der Waals surface area (Å²) in [6, 6.07) is 5.97. The molecule has 0 radical (unpaired) electrons. The van der Waals surface area contributed by atoms with Crippen LogP contribution in [0.3, 0.4) is 0 Å². The Morgan fingerprint density at radius 2 is 1.82 bits per heavy atom. The van der Waals surface area contributed by atoms with Crippen molar-refractivity contribution in [3.05, 3.63) is 36.4 Å². The normalized spacial score (nSPS) is 14.5. The number of nitrogens with zero attached hydrogens (tertiary/aromatic N) is 2. The van der Waals surface area contributed by atoms with Crippen molar-refractivity contribution < 1.29 is 29.3 Å². The van der Waals surface area contributed by atoms with Gasteiger partial charge in [0.1, 0.15) is 11.5 Å². The zero-order chi connectivity index (χ0) is 20.9. The third-order valence-corrected chi connectivity index (χ3v) is 4.29. The van der Waals surface area contributed by atoms with Crippen LogP contribution in [0.2, 0.25) is 0 Å². The lowest BCUT2D eigenvalue weighted by Crippen LogP contribution is -2.44. The van der Waals surface area contributed by atoms with Crippen molar-refractivity contribution in [2.45, 2.75) is 12.8 Å². The molecule has 0 amide bonds. The number of hydrogen-bond acceptors (Lipinski definition) is 6. The van der Waals surface area contributed by atoms with E-state index in [1.54, 1.807) is 7.11 Å². The maximum Gasteiger partial charge on any atom is 0.414 e. The average molecular weight is 394 g/mol. The minimum Gasteiger partial charge on any atom is -0.497 e. The number of piperazine rings is 1. The zero-order valence-electron chi connectivity index (χ0n) is 16.6. The molecule has 8 nitrogen and oxygen atoms in total. The van der Waals surface area contributed by atoms with E-state index in [9.17, 15) is 0 Å². The summed E-state index contributed by atoms with van der Waals surface area (Å²) in [6.45, 7) is 10.3. The smallest absolute Gasteiger partial charge is 0.414 e. The molecule has 28 heavy (non-hydrogen) atoms. The van der Waals surface area contributed by atoms with Crippen LogP contribution in [-0.2, 0) is 16.0 Å². The van der Waals surface area contributed by atoms with Crippen LogP contribution in [0.1, 0.15) is 12.0 Å². The molecule has 1 aliphatic heterocycles. The third kappa shape index (κ3) is 8.88. The zero-order valence-corrected chi connectivity index (χ0v) is 16.6. The summed E-state index contributed by atoms with van der Waals surface area (Å²) in [5.74, 6) is -1.84. The Kier molecular flexibility index (Phi) is 10.7. The van der Waals surface area contributed by atoms with Crippen molar-refractivity contribution in [2.24, 2.45) is 0 Å². The fourth-order valence-corrected chi connectivity index (χ4v) is 2.68. The Bertz CT molecular complexity index is 630. The fraction of sp³-hybridized carbons (Fsp3) is 0.500. The highest BCUT2D eigenvalue weighted by Crippen LogP contribution is 2.25. The van der Waals surface area contributed by atoms with Crippen LogP contribution >= 0.6 is 0 Å². The molecule has 0 aromatic heterocycles. The highest BCUT2D eigenvalue weighted by atomic mass is 16.5. The van der Waals surface area contributed by atoms with Crippen LogP contribution in [0.5, 0.6) is 11.5 Å². The number of benzene rings is 1. The first-order valence-corrected chi connectivity index (χ1v) is 9.15. The second kappa shape index (κ2) is 12.7. The van der Waals surface area contributed by atoms with Crippen LogP contribution in [0, 0.1) is 0 Å². The molecule has 0 spiro atoms. The average Bonchev–Trinajstić information content (AvgIpc) is 2.68. The Morgan fingerprint density at radius 1 is 1.18 bits per heavy atom. The maximum absolute atomic E-state index is 9.10. The monoisotopic (exact) mass is 394 g/mol. The Hall–Kier alpha value is -2.58. The van der Waals surface area contributed by atoms with E-state index in [-0.39, 0.29) is 0 Å². The number of rotatable bonds is 8. The molecular formula is C20H30N2O6. The molecule has 1 aliphatic rings. The van der Waals surface area contributed by atoms with Crippen LogP contribution in [-0.4, -0.2) is 85.4 Å². The molecule has 0 bridgehead atoms. The lowest BCUT2D eigenvalue weighted by molar-refractivity contribution is -0.159. The van der Waals surface area contributed by atoms with Crippen LogP contribution in [0.25, 0.3) is 0 Å². The van der Waals surface area contributed by atoms with Gasteiger partial charge in [0.25, 0.3) is 0 Å². The first-order valence-electron chi connectivity index (χ1n) is 9.15. The first kappa shape index (κ1) is 23.5. The van der Waals surface area contributed by atoms with Crippen molar-refractivity contribution >= 4 is 11.9 Å². The molecule has 1 aromatic carbocycles. The number of hydrogen-bond donors (Lipinski definition) is 2. The molecule has 0 aliphatic carbocycles. The molecule has 0 unspecified atom stereocenters. The number of carbonyl (C=O) groups is 2. The van der Waals surface area contributed by atoms with Gasteiger partial charge in [0.15, 0.2) is 0 Å². The quantitative estimate of drug-likeness (QED) is 0.390. The molecule has 0 saturated carbocycles. The van der Waals surface area contributed by atoms with E-state index in [0.717, 1.165) is 43.1 Å². The maximum atomic E-state index is 9.10. The molecule has 8 heteroatoms. The standard InChI is InChI=1S/C18H28N2O2.C2H2O4/c1-4-6-16-15-17(21-3)7-8-18(16)22-14-5-9-20-12-10-19(2)11-13-20;3-1(4)2(5)6/h4,7-8,15H,1,5-6,9-14H2,2-3H3;(H,3,4)(H,5,6). The summed E-state index contributed by atoms with van der Waals surface area (Å²) in [7, 11) is 3.87. The number of likely N-dealkylation sites (N-methyl/N-ethyl adjacent to an activating group) is 1. The van der Waals surface area contributed by atoms with E-state index in [1.807, 2.05) is 24.3 Å². The van der Waals surface area contributed by atoms with E-state index in [1.165, 1.54) is 26.2 Å².